The molecule has 1 N–H and O–H groups in total. The molecule has 19 heavy (non-hydrogen) atoms. The number of nitrogens with one attached hydrogen (secondary N) is 1. The Morgan fingerprint density at radius 3 is 2.68 bits per heavy atom. The average molecular weight is 297 g/mol. The second kappa shape index (κ2) is 4.40. The topological polar surface area (TPSA) is 60.6 Å². The van der Waals surface area contributed by atoms with E-state index < -0.39 is 0 Å². The molecule has 8 heteroatoms. The van der Waals surface area contributed by atoms with Crippen molar-refractivity contribution < 1.29 is 0 Å². The van der Waals surface area contributed by atoms with Gasteiger partial charge in [0, 0.05) is 26.5 Å². The maximum Gasteiger partial charge on any atom is 0.229 e. The molecule has 0 spiro atoms. The van der Waals surface area contributed by atoms with Gasteiger partial charge in [-0.2, -0.15) is 10.1 Å². The van der Waals surface area contributed by atoms with Crippen LogP contribution in [0.1, 0.15) is 0 Å². The lowest BCUT2D eigenvalue weighted by molar-refractivity contribution is 0.769. The predicted octanol–water partition coefficient (Wildman–Crippen LogP) is 2.75. The van der Waals surface area contributed by atoms with E-state index in [2.05, 4.69) is 20.4 Å². The van der Waals surface area contributed by atoms with Gasteiger partial charge in [0.2, 0.25) is 5.95 Å². The van der Waals surface area contributed by atoms with Crippen LogP contribution in [0.15, 0.2) is 18.6 Å². The first-order chi connectivity index (χ1) is 9.06. The minimum atomic E-state index is 0.445. The second-order valence-electron chi connectivity index (χ2n) is 4.12. The largest absolute Gasteiger partial charge is 0.334 e. The lowest BCUT2D eigenvalue weighted by Gasteiger charge is -2.03. The van der Waals surface area contributed by atoms with E-state index >= 15 is 0 Å². The van der Waals surface area contributed by atoms with Crippen LogP contribution in [-0.2, 0) is 14.1 Å². The Morgan fingerprint density at radius 2 is 2.00 bits per heavy atom. The Kier molecular flexibility index (Phi) is 2.83. The van der Waals surface area contributed by atoms with Crippen LogP contribution >= 0.6 is 23.2 Å². The second-order valence-corrected chi connectivity index (χ2v) is 4.88. The molecule has 0 bridgehead atoms. The van der Waals surface area contributed by atoms with E-state index in [0.717, 1.165) is 11.0 Å². The third-order valence-corrected chi connectivity index (χ3v) is 3.53. The van der Waals surface area contributed by atoms with Crippen molar-refractivity contribution in [2.24, 2.45) is 14.1 Å². The Balaban J connectivity index is 2.02. The summed E-state index contributed by atoms with van der Waals surface area (Å²) in [5.41, 5.74) is 1.41. The Hall–Kier alpha value is -1.79. The number of fused-ring (bicyclic) bond motifs is 1. The summed E-state index contributed by atoms with van der Waals surface area (Å²) in [6, 6.07) is 0. The summed E-state index contributed by atoms with van der Waals surface area (Å²) < 4.78 is 3.40. The molecule has 3 rings (SSSR count). The standard InChI is InChI=1S/C11H10Cl2N6/c1-18-5-7(12)6-3-14-11(17-10(6)18)16-8-4-15-19(2)9(8)13/h3-5H,1-2H3,(H,14,16,17). The number of aryl methyl sites for hydroxylation is 2. The predicted molar refractivity (Wildman–Crippen MR) is 75.0 cm³/mol. The summed E-state index contributed by atoms with van der Waals surface area (Å²) in [7, 11) is 3.64. The molecule has 3 heterocycles. The maximum absolute atomic E-state index is 6.07. The van der Waals surface area contributed by atoms with Crippen LogP contribution in [0.25, 0.3) is 11.0 Å². The van der Waals surface area contributed by atoms with E-state index in [1.54, 1.807) is 30.3 Å². The van der Waals surface area contributed by atoms with Gasteiger partial charge in [0.05, 0.1) is 22.3 Å². The third kappa shape index (κ3) is 2.02. The van der Waals surface area contributed by atoms with Gasteiger partial charge >= 0.3 is 0 Å². The highest BCUT2D eigenvalue weighted by atomic mass is 35.5. The Morgan fingerprint density at radius 1 is 1.21 bits per heavy atom. The average Bonchev–Trinajstić information content (AvgIpc) is 2.84. The Bertz CT molecular complexity index is 760. The number of hydrogen-bond donors (Lipinski definition) is 1. The lowest BCUT2D eigenvalue weighted by atomic mass is 10.4. The van der Waals surface area contributed by atoms with Crippen LogP contribution in [0.5, 0.6) is 0 Å². The molecule has 0 saturated heterocycles. The van der Waals surface area contributed by atoms with Gasteiger partial charge in [-0.3, -0.25) is 4.68 Å². The molecule has 3 aromatic rings. The van der Waals surface area contributed by atoms with Crippen molar-refractivity contribution in [3.05, 3.63) is 28.8 Å². The van der Waals surface area contributed by atoms with E-state index in [1.165, 1.54) is 0 Å². The summed E-state index contributed by atoms with van der Waals surface area (Å²) in [4.78, 5) is 8.61. The highest BCUT2D eigenvalue weighted by molar-refractivity contribution is 6.35. The van der Waals surface area contributed by atoms with E-state index in [4.69, 9.17) is 23.2 Å². The molecule has 0 amide bonds. The minimum absolute atomic E-state index is 0.445. The van der Waals surface area contributed by atoms with Crippen LogP contribution in [0, 0.1) is 0 Å². The van der Waals surface area contributed by atoms with Crippen LogP contribution in [0.2, 0.25) is 10.2 Å². The van der Waals surface area contributed by atoms with Crippen LogP contribution in [-0.4, -0.2) is 24.3 Å². The SMILES string of the molecule is Cn1ncc(Nc2ncc3c(Cl)cn(C)c3n2)c1Cl. The third-order valence-electron chi connectivity index (χ3n) is 2.78. The molecule has 0 unspecified atom stereocenters. The van der Waals surface area contributed by atoms with E-state index in [0.29, 0.717) is 21.8 Å². The summed E-state index contributed by atoms with van der Waals surface area (Å²) >= 11 is 12.1. The van der Waals surface area contributed by atoms with Gasteiger partial charge in [0.1, 0.15) is 10.8 Å². The first-order valence-electron chi connectivity index (χ1n) is 5.48. The van der Waals surface area contributed by atoms with Crippen LogP contribution in [0.3, 0.4) is 0 Å². The van der Waals surface area contributed by atoms with Crippen LogP contribution in [0.4, 0.5) is 11.6 Å². The van der Waals surface area contributed by atoms with Crippen molar-refractivity contribution in [1.29, 1.82) is 0 Å². The molecule has 98 valence electrons. The zero-order chi connectivity index (χ0) is 13.6. The molecule has 0 aliphatic carbocycles. The van der Waals surface area contributed by atoms with Crippen molar-refractivity contribution >= 4 is 45.9 Å². The molecule has 0 aromatic carbocycles. The van der Waals surface area contributed by atoms with Crippen molar-refractivity contribution in [1.82, 2.24) is 24.3 Å². The number of nitrogens with zero attached hydrogens (tertiary/aromatic N) is 5. The number of halogens is 2. The lowest BCUT2D eigenvalue weighted by Crippen LogP contribution is -1.98. The van der Waals surface area contributed by atoms with Gasteiger partial charge in [0.15, 0.2) is 0 Å². The normalized spacial score (nSPS) is 11.2. The van der Waals surface area contributed by atoms with Crippen molar-refractivity contribution in [3.8, 4) is 0 Å². The fourth-order valence-corrected chi connectivity index (χ4v) is 2.22. The molecule has 0 radical (unpaired) electrons. The molecular formula is C11H10Cl2N6. The molecule has 3 aromatic heterocycles. The number of rotatable bonds is 2. The summed E-state index contributed by atoms with van der Waals surface area (Å²) in [5.74, 6) is 0.445. The summed E-state index contributed by atoms with van der Waals surface area (Å²) in [5, 5.41) is 9.00. The van der Waals surface area contributed by atoms with Gasteiger partial charge in [-0.05, 0) is 0 Å². The fraction of sp³-hybridized carbons (Fsp3) is 0.182. The van der Waals surface area contributed by atoms with Gasteiger partial charge in [-0.25, -0.2) is 4.98 Å². The number of hydrogen-bond acceptors (Lipinski definition) is 4. The van der Waals surface area contributed by atoms with Gasteiger partial charge in [-0.15, -0.1) is 0 Å². The van der Waals surface area contributed by atoms with E-state index in [1.807, 2.05) is 11.6 Å². The zero-order valence-electron chi connectivity index (χ0n) is 10.2. The van der Waals surface area contributed by atoms with Crippen molar-refractivity contribution in [2.75, 3.05) is 5.32 Å². The molecule has 0 aliphatic heterocycles. The maximum atomic E-state index is 6.07. The smallest absolute Gasteiger partial charge is 0.229 e. The van der Waals surface area contributed by atoms with Gasteiger partial charge in [0.25, 0.3) is 0 Å². The van der Waals surface area contributed by atoms with Gasteiger partial charge in [-0.1, -0.05) is 23.2 Å². The number of aromatic nitrogens is 5. The Labute approximate surface area is 119 Å². The fourth-order valence-electron chi connectivity index (χ4n) is 1.80. The number of anilines is 2. The minimum Gasteiger partial charge on any atom is -0.334 e. The van der Waals surface area contributed by atoms with Crippen molar-refractivity contribution in [3.63, 3.8) is 0 Å². The highest BCUT2D eigenvalue weighted by Gasteiger charge is 2.10. The van der Waals surface area contributed by atoms with E-state index in [9.17, 15) is 0 Å². The highest BCUT2D eigenvalue weighted by Crippen LogP contribution is 2.26. The molecular weight excluding hydrogens is 287 g/mol. The molecule has 0 saturated carbocycles. The summed E-state index contributed by atoms with van der Waals surface area (Å²) in [6.07, 6.45) is 5.09. The zero-order valence-corrected chi connectivity index (χ0v) is 11.7. The molecule has 0 atom stereocenters. The first-order valence-corrected chi connectivity index (χ1v) is 6.24. The molecule has 0 aliphatic rings. The van der Waals surface area contributed by atoms with Crippen molar-refractivity contribution in [2.45, 2.75) is 0 Å². The quantitative estimate of drug-likeness (QED) is 0.790. The monoisotopic (exact) mass is 296 g/mol. The van der Waals surface area contributed by atoms with Crippen LogP contribution < -0.4 is 5.32 Å². The summed E-state index contributed by atoms with van der Waals surface area (Å²) in [6.45, 7) is 0. The molecule has 0 fully saturated rings. The van der Waals surface area contributed by atoms with E-state index in [-0.39, 0.29) is 0 Å². The molecule has 6 nitrogen and oxygen atoms in total. The first kappa shape index (κ1) is 12.3. The van der Waals surface area contributed by atoms with Gasteiger partial charge < -0.3 is 9.88 Å².